The van der Waals surface area contributed by atoms with E-state index in [0.29, 0.717) is 4.90 Å². The molecule has 2 aromatic carbocycles. The maximum atomic E-state index is 13.6. The Morgan fingerprint density at radius 2 is 1.76 bits per heavy atom. The van der Waals surface area contributed by atoms with E-state index in [0.717, 1.165) is 12.1 Å². The van der Waals surface area contributed by atoms with Crippen LogP contribution in [-0.2, 0) is 15.6 Å². The number of halogens is 2. The summed E-state index contributed by atoms with van der Waals surface area (Å²) >= 11 is 0. The smallest absolute Gasteiger partial charge is 0.255 e. The van der Waals surface area contributed by atoms with E-state index >= 15 is 0 Å². The van der Waals surface area contributed by atoms with Gasteiger partial charge >= 0.3 is 0 Å². The molecule has 0 aliphatic carbocycles. The molecule has 8 heteroatoms. The van der Waals surface area contributed by atoms with Gasteiger partial charge in [-0.2, -0.15) is 0 Å². The Labute approximate surface area is 145 Å². The van der Waals surface area contributed by atoms with Crippen molar-refractivity contribution in [2.24, 2.45) is 5.73 Å². The van der Waals surface area contributed by atoms with Crippen molar-refractivity contribution in [3.63, 3.8) is 0 Å². The van der Waals surface area contributed by atoms with Gasteiger partial charge in [0.05, 0.1) is 16.4 Å². The van der Waals surface area contributed by atoms with E-state index < -0.39 is 45.9 Å². The zero-order valence-electron chi connectivity index (χ0n) is 13.1. The fourth-order valence-electron chi connectivity index (χ4n) is 2.12. The minimum Gasteiger partial charge on any atom is -0.368 e. The highest BCUT2D eigenvalue weighted by atomic mass is 32.2. The standard InChI is InChI=1S/C17H16F2N2O3S/c18-13-8-4-7-12(15(13)19)17(23)21-14(16(20)22)9-10-25(24)11-5-2-1-3-6-11/h1-8,14H,9-10H2,(H2,20,22)(H,21,23)/t14-,25-/m1/s1. The second kappa shape index (κ2) is 8.48. The molecule has 0 aromatic heterocycles. The first kappa shape index (κ1) is 18.7. The van der Waals surface area contributed by atoms with E-state index in [4.69, 9.17) is 5.73 Å². The van der Waals surface area contributed by atoms with Gasteiger partial charge in [0.25, 0.3) is 5.91 Å². The number of amides is 2. The van der Waals surface area contributed by atoms with Crippen LogP contribution in [0.1, 0.15) is 16.8 Å². The molecule has 0 saturated heterocycles. The first-order valence-corrected chi connectivity index (χ1v) is 8.69. The van der Waals surface area contributed by atoms with Crippen molar-refractivity contribution in [3.05, 3.63) is 65.7 Å². The molecular formula is C17H16F2N2O3S. The van der Waals surface area contributed by atoms with E-state index in [9.17, 15) is 22.6 Å². The van der Waals surface area contributed by atoms with E-state index in [1.165, 1.54) is 6.07 Å². The summed E-state index contributed by atoms with van der Waals surface area (Å²) in [6, 6.07) is 10.6. The second-order valence-corrected chi connectivity index (χ2v) is 6.75. The predicted octanol–water partition coefficient (Wildman–Crippen LogP) is 1.75. The summed E-state index contributed by atoms with van der Waals surface area (Å²) in [4.78, 5) is 24.1. The quantitative estimate of drug-likeness (QED) is 0.782. The number of hydrogen-bond donors (Lipinski definition) is 2. The van der Waals surface area contributed by atoms with Crippen molar-refractivity contribution in [1.82, 2.24) is 5.32 Å². The van der Waals surface area contributed by atoms with Crippen LogP contribution >= 0.6 is 0 Å². The Bertz CT molecular complexity index is 800. The molecule has 0 bridgehead atoms. The molecule has 25 heavy (non-hydrogen) atoms. The number of nitrogens with one attached hydrogen (secondary N) is 1. The molecule has 0 heterocycles. The van der Waals surface area contributed by atoms with E-state index in [-0.39, 0.29) is 12.2 Å². The summed E-state index contributed by atoms with van der Waals surface area (Å²) < 4.78 is 39.0. The van der Waals surface area contributed by atoms with Gasteiger partial charge in [0.1, 0.15) is 6.04 Å². The van der Waals surface area contributed by atoms with Crippen LogP contribution in [0.2, 0.25) is 0 Å². The second-order valence-electron chi connectivity index (χ2n) is 5.18. The number of carbonyl (C=O) groups is 2. The lowest BCUT2D eigenvalue weighted by molar-refractivity contribution is -0.119. The first-order valence-electron chi connectivity index (χ1n) is 7.37. The van der Waals surface area contributed by atoms with Crippen LogP contribution in [0, 0.1) is 11.6 Å². The highest BCUT2D eigenvalue weighted by Crippen LogP contribution is 2.12. The van der Waals surface area contributed by atoms with Crippen molar-refractivity contribution in [2.75, 3.05) is 5.75 Å². The first-order chi connectivity index (χ1) is 11.9. The highest BCUT2D eigenvalue weighted by molar-refractivity contribution is 7.85. The predicted molar refractivity (Wildman–Crippen MR) is 89.1 cm³/mol. The van der Waals surface area contributed by atoms with Crippen LogP contribution in [0.3, 0.4) is 0 Å². The number of benzene rings is 2. The van der Waals surface area contributed by atoms with Crippen molar-refractivity contribution in [1.29, 1.82) is 0 Å². The summed E-state index contributed by atoms with van der Waals surface area (Å²) in [6.45, 7) is 0. The van der Waals surface area contributed by atoms with Crippen molar-refractivity contribution in [3.8, 4) is 0 Å². The maximum Gasteiger partial charge on any atom is 0.255 e. The molecule has 0 aliphatic heterocycles. The Hall–Kier alpha value is -2.61. The molecule has 2 atom stereocenters. The lowest BCUT2D eigenvalue weighted by atomic mass is 10.1. The minimum absolute atomic E-state index is 0.000483. The SMILES string of the molecule is NC(=O)[C@@H](CC[S@@](=O)c1ccccc1)NC(=O)c1cccc(F)c1F. The lowest BCUT2D eigenvalue weighted by Crippen LogP contribution is -2.45. The van der Waals surface area contributed by atoms with Crippen LogP contribution in [0.4, 0.5) is 8.78 Å². The Morgan fingerprint density at radius 1 is 1.08 bits per heavy atom. The van der Waals surface area contributed by atoms with Gasteiger partial charge in [0, 0.05) is 10.6 Å². The summed E-state index contributed by atoms with van der Waals surface area (Å²) in [5.41, 5.74) is 4.70. The van der Waals surface area contributed by atoms with E-state index in [1.807, 2.05) is 0 Å². The third-order valence-corrected chi connectivity index (χ3v) is 4.85. The van der Waals surface area contributed by atoms with Crippen LogP contribution in [0.5, 0.6) is 0 Å². The number of primary amides is 1. The molecular weight excluding hydrogens is 350 g/mol. The number of carbonyl (C=O) groups excluding carboxylic acids is 2. The summed E-state index contributed by atoms with van der Waals surface area (Å²) in [6.07, 6.45) is -0.000483. The van der Waals surface area contributed by atoms with Gasteiger partial charge in [-0.05, 0) is 30.7 Å². The third-order valence-electron chi connectivity index (χ3n) is 3.44. The number of nitrogens with two attached hydrogens (primary N) is 1. The molecule has 2 aromatic rings. The van der Waals surface area contributed by atoms with E-state index in [1.54, 1.807) is 30.3 Å². The van der Waals surface area contributed by atoms with Crippen LogP contribution in [-0.4, -0.2) is 27.8 Å². The Morgan fingerprint density at radius 3 is 2.40 bits per heavy atom. The monoisotopic (exact) mass is 366 g/mol. The molecule has 0 fully saturated rings. The van der Waals surface area contributed by atoms with Gasteiger partial charge in [-0.25, -0.2) is 8.78 Å². The maximum absolute atomic E-state index is 13.6. The molecule has 0 radical (unpaired) electrons. The summed E-state index contributed by atoms with van der Waals surface area (Å²) in [7, 11) is -1.38. The van der Waals surface area contributed by atoms with Gasteiger partial charge in [-0.1, -0.05) is 24.3 Å². The van der Waals surface area contributed by atoms with Gasteiger partial charge in [0.15, 0.2) is 11.6 Å². The molecule has 0 aliphatic rings. The van der Waals surface area contributed by atoms with E-state index in [2.05, 4.69) is 5.32 Å². The molecule has 5 nitrogen and oxygen atoms in total. The molecule has 132 valence electrons. The minimum atomic E-state index is -1.38. The average Bonchev–Trinajstić information content (AvgIpc) is 2.61. The van der Waals surface area contributed by atoms with Crippen LogP contribution in [0.15, 0.2) is 53.4 Å². The molecule has 2 amide bonds. The molecule has 2 rings (SSSR count). The van der Waals surface area contributed by atoms with Crippen LogP contribution < -0.4 is 11.1 Å². The fraction of sp³-hybridized carbons (Fsp3) is 0.176. The largest absolute Gasteiger partial charge is 0.368 e. The summed E-state index contributed by atoms with van der Waals surface area (Å²) in [5, 5.41) is 2.25. The normalized spacial score (nSPS) is 13.0. The van der Waals surface area contributed by atoms with Crippen molar-refractivity contribution in [2.45, 2.75) is 17.4 Å². The Balaban J connectivity index is 2.03. The average molecular weight is 366 g/mol. The van der Waals surface area contributed by atoms with Crippen LogP contribution in [0.25, 0.3) is 0 Å². The van der Waals surface area contributed by atoms with Crippen molar-refractivity contribution >= 4 is 22.6 Å². The fourth-order valence-corrected chi connectivity index (χ4v) is 3.26. The third kappa shape index (κ3) is 4.93. The molecule has 0 saturated carbocycles. The Kier molecular flexibility index (Phi) is 6.35. The molecule has 0 unspecified atom stereocenters. The van der Waals surface area contributed by atoms with Gasteiger partial charge < -0.3 is 11.1 Å². The van der Waals surface area contributed by atoms with Gasteiger partial charge in [-0.15, -0.1) is 0 Å². The summed E-state index contributed by atoms with van der Waals surface area (Å²) in [5.74, 6) is -4.23. The number of hydrogen-bond acceptors (Lipinski definition) is 3. The van der Waals surface area contributed by atoms with Crippen molar-refractivity contribution < 1.29 is 22.6 Å². The molecule has 0 spiro atoms. The highest BCUT2D eigenvalue weighted by Gasteiger charge is 2.22. The zero-order chi connectivity index (χ0) is 18.4. The van der Waals surface area contributed by atoms with Gasteiger partial charge in [-0.3, -0.25) is 13.8 Å². The topological polar surface area (TPSA) is 89.3 Å². The number of rotatable bonds is 7. The lowest BCUT2D eigenvalue weighted by Gasteiger charge is -2.15. The molecule has 3 N–H and O–H groups in total. The van der Waals surface area contributed by atoms with Gasteiger partial charge in [0.2, 0.25) is 5.91 Å². The zero-order valence-corrected chi connectivity index (χ0v) is 13.9.